The van der Waals surface area contributed by atoms with E-state index in [1.165, 1.54) is 28.8 Å². The number of primary amides is 1. The third-order valence-corrected chi connectivity index (χ3v) is 8.50. The number of nitriles is 1. The van der Waals surface area contributed by atoms with Gasteiger partial charge in [0.15, 0.2) is 4.90 Å². The molecule has 0 unspecified atom stereocenters. The van der Waals surface area contributed by atoms with Crippen LogP contribution in [0.1, 0.15) is 60.5 Å². The predicted octanol–water partition coefficient (Wildman–Crippen LogP) is 4.34. The Balaban J connectivity index is 1.88. The molecule has 0 radical (unpaired) electrons. The Labute approximate surface area is 243 Å². The summed E-state index contributed by atoms with van der Waals surface area (Å²) in [5, 5.41) is 20.2. The topological polar surface area (TPSA) is 165 Å². The lowest BCUT2D eigenvalue weighted by Gasteiger charge is -2.24. The monoisotopic (exact) mass is 586 g/mol. The van der Waals surface area contributed by atoms with E-state index in [2.05, 4.69) is 11.1 Å². The molecule has 3 aromatic carbocycles. The van der Waals surface area contributed by atoms with Gasteiger partial charge in [-0.15, -0.1) is 0 Å². The zero-order chi connectivity index (χ0) is 30.6. The number of aromatic hydroxyl groups is 1. The first-order valence-electron chi connectivity index (χ1n) is 13.2. The van der Waals surface area contributed by atoms with Crippen molar-refractivity contribution in [3.05, 3.63) is 106 Å². The summed E-state index contributed by atoms with van der Waals surface area (Å²) in [6, 6.07) is 20.2. The van der Waals surface area contributed by atoms with E-state index in [-0.39, 0.29) is 29.0 Å². The number of ether oxygens (including phenoxy) is 1. The maximum atomic E-state index is 14.0. The second-order valence-electron chi connectivity index (χ2n) is 9.81. The maximum absolute atomic E-state index is 14.0. The first kappa shape index (κ1) is 30.2. The number of benzene rings is 3. The third kappa shape index (κ3) is 5.95. The van der Waals surface area contributed by atoms with Crippen molar-refractivity contribution < 1.29 is 23.1 Å². The van der Waals surface area contributed by atoms with Crippen molar-refractivity contribution in [1.82, 2.24) is 9.55 Å². The van der Waals surface area contributed by atoms with Gasteiger partial charge in [0.1, 0.15) is 12.4 Å². The normalized spacial score (nSPS) is 12.2. The van der Waals surface area contributed by atoms with E-state index >= 15 is 0 Å². The van der Waals surface area contributed by atoms with Gasteiger partial charge in [0.05, 0.1) is 28.7 Å². The highest BCUT2D eigenvalue weighted by Gasteiger charge is 2.32. The number of nitrogens with zero attached hydrogens (tertiary/aromatic N) is 3. The average molecular weight is 587 g/mol. The molecule has 0 saturated carbocycles. The maximum Gasteiger partial charge on any atom is 0.277 e. The van der Waals surface area contributed by atoms with E-state index < -0.39 is 38.1 Å². The van der Waals surface area contributed by atoms with Gasteiger partial charge in [-0.05, 0) is 67.3 Å². The summed E-state index contributed by atoms with van der Waals surface area (Å²) in [5.74, 6) is -1.54. The average Bonchev–Trinajstić information content (AvgIpc) is 2.97. The fourth-order valence-electron chi connectivity index (χ4n) is 4.71. The molecule has 1 aromatic heterocycles. The second-order valence-corrected chi connectivity index (χ2v) is 11.7. The number of aromatic nitrogens is 2. The van der Waals surface area contributed by atoms with Gasteiger partial charge in [0, 0.05) is 5.56 Å². The highest BCUT2D eigenvalue weighted by atomic mass is 32.2. The van der Waals surface area contributed by atoms with Crippen molar-refractivity contribution in [2.75, 3.05) is 0 Å². The van der Waals surface area contributed by atoms with Crippen LogP contribution in [0.25, 0.3) is 11.1 Å². The van der Waals surface area contributed by atoms with Gasteiger partial charge < -0.3 is 15.6 Å². The Kier molecular flexibility index (Phi) is 8.90. The summed E-state index contributed by atoms with van der Waals surface area (Å²) in [4.78, 5) is 28.9. The number of nitrogens with two attached hydrogens (primary N) is 1. The van der Waals surface area contributed by atoms with E-state index in [4.69, 9.17) is 10.5 Å². The third-order valence-electron chi connectivity index (χ3n) is 6.71. The van der Waals surface area contributed by atoms with Crippen LogP contribution in [0.3, 0.4) is 0 Å². The van der Waals surface area contributed by atoms with Crippen LogP contribution in [-0.2, 0) is 21.2 Å². The van der Waals surface area contributed by atoms with Crippen molar-refractivity contribution in [3.63, 3.8) is 0 Å². The molecule has 1 amide bonds. The number of hydrogen-bond acceptors (Lipinski definition) is 8. The molecule has 0 bridgehead atoms. The summed E-state index contributed by atoms with van der Waals surface area (Å²) in [6.07, 6.45) is 0.115. The Bertz CT molecular complexity index is 1840. The van der Waals surface area contributed by atoms with Crippen LogP contribution in [-0.4, -0.2) is 35.1 Å². The Morgan fingerprint density at radius 3 is 2.40 bits per heavy atom. The molecule has 3 N–H and O–H groups in total. The summed E-state index contributed by atoms with van der Waals surface area (Å²) in [6.45, 7) is 5.23. The number of rotatable bonds is 10. The van der Waals surface area contributed by atoms with Crippen LogP contribution in [0.15, 0.2) is 87.4 Å². The number of carbonyl (C=O) groups excluding carboxylic acids is 1. The Morgan fingerprint density at radius 2 is 1.79 bits per heavy atom. The van der Waals surface area contributed by atoms with Gasteiger partial charge in [-0.25, -0.2) is 8.42 Å². The molecule has 0 fully saturated rings. The van der Waals surface area contributed by atoms with Gasteiger partial charge >= 0.3 is 0 Å². The molecule has 0 spiro atoms. The lowest BCUT2D eigenvalue weighted by atomic mass is 9.99. The SMILES string of the molecule is CC[C@@H](c1cccc(C#N)c1)n1c(COC(C)C)nc(O)c(S(=O)(=O)c2ccc(-c3ccccc3C(N)=O)cc2)c1=O. The van der Waals surface area contributed by atoms with E-state index in [1.54, 1.807) is 62.4 Å². The molecule has 4 aromatic rings. The van der Waals surface area contributed by atoms with Crippen LogP contribution < -0.4 is 11.3 Å². The molecule has 0 aliphatic heterocycles. The smallest absolute Gasteiger partial charge is 0.277 e. The number of carbonyl (C=O) groups is 1. The van der Waals surface area contributed by atoms with Gasteiger partial charge in [-0.2, -0.15) is 10.2 Å². The van der Waals surface area contributed by atoms with Gasteiger partial charge in [-0.3, -0.25) is 14.2 Å². The minimum atomic E-state index is -4.56. The van der Waals surface area contributed by atoms with Crippen LogP contribution in [0.2, 0.25) is 0 Å². The molecule has 0 saturated heterocycles. The van der Waals surface area contributed by atoms with Crippen LogP contribution in [0.4, 0.5) is 0 Å². The standard InChI is InChI=1S/C31H30N4O6S/c1-4-26(22-9-7-8-20(16-22)17-32)35-27(18-41-19(2)3)34-30(37)28(31(35)38)42(39,40)23-14-12-21(13-15-23)24-10-5-6-11-25(24)29(33)36/h5-16,19,26,37H,4,18H2,1-3H3,(H2,33,36)/t26-/m0/s1. The first-order chi connectivity index (χ1) is 20.0. The first-order valence-corrected chi connectivity index (χ1v) is 14.7. The van der Waals surface area contributed by atoms with E-state index in [0.717, 1.165) is 0 Å². The molecule has 0 aliphatic carbocycles. The molecule has 0 aliphatic rings. The molecular weight excluding hydrogens is 556 g/mol. The lowest BCUT2D eigenvalue weighted by molar-refractivity contribution is 0.0573. The lowest BCUT2D eigenvalue weighted by Crippen LogP contribution is -2.34. The van der Waals surface area contributed by atoms with Crippen LogP contribution >= 0.6 is 0 Å². The molecule has 10 nitrogen and oxygen atoms in total. The second kappa shape index (κ2) is 12.4. The highest BCUT2D eigenvalue weighted by molar-refractivity contribution is 7.91. The van der Waals surface area contributed by atoms with E-state index in [0.29, 0.717) is 28.7 Å². The molecule has 4 rings (SSSR count). The van der Waals surface area contributed by atoms with Crippen molar-refractivity contribution in [1.29, 1.82) is 5.26 Å². The quantitative estimate of drug-likeness (QED) is 0.277. The molecule has 1 atom stereocenters. The Morgan fingerprint density at radius 1 is 1.10 bits per heavy atom. The highest BCUT2D eigenvalue weighted by Crippen LogP contribution is 2.31. The van der Waals surface area contributed by atoms with Crippen molar-refractivity contribution in [3.8, 4) is 23.1 Å². The van der Waals surface area contributed by atoms with Gasteiger partial charge in [0.2, 0.25) is 21.6 Å². The van der Waals surface area contributed by atoms with E-state index in [1.807, 2.05) is 6.92 Å². The van der Waals surface area contributed by atoms with Crippen LogP contribution in [0, 0.1) is 11.3 Å². The van der Waals surface area contributed by atoms with E-state index in [9.17, 15) is 28.4 Å². The minimum Gasteiger partial charge on any atom is -0.492 e. The molecule has 42 heavy (non-hydrogen) atoms. The number of hydrogen-bond donors (Lipinski definition) is 2. The summed E-state index contributed by atoms with van der Waals surface area (Å²) < 4.78 is 34.5. The van der Waals surface area contributed by atoms with Gasteiger partial charge in [-0.1, -0.05) is 49.4 Å². The van der Waals surface area contributed by atoms with Crippen LogP contribution in [0.5, 0.6) is 5.88 Å². The zero-order valence-electron chi connectivity index (χ0n) is 23.3. The van der Waals surface area contributed by atoms with Gasteiger partial charge in [0.25, 0.3) is 5.56 Å². The summed E-state index contributed by atoms with van der Waals surface area (Å²) >= 11 is 0. The predicted molar refractivity (Wildman–Crippen MR) is 156 cm³/mol. The molecule has 11 heteroatoms. The fraction of sp³-hybridized carbons (Fsp3) is 0.226. The molecular formula is C31H30N4O6S. The Hall–Kier alpha value is -4.79. The van der Waals surface area contributed by atoms with Crippen molar-refractivity contribution in [2.45, 2.75) is 55.7 Å². The van der Waals surface area contributed by atoms with Crippen molar-refractivity contribution in [2.24, 2.45) is 5.73 Å². The summed E-state index contributed by atoms with van der Waals surface area (Å²) in [5.41, 5.74) is 6.80. The largest absolute Gasteiger partial charge is 0.492 e. The molecule has 216 valence electrons. The molecule has 1 heterocycles. The minimum absolute atomic E-state index is 0.0396. The zero-order valence-corrected chi connectivity index (χ0v) is 24.1. The fourth-order valence-corrected chi connectivity index (χ4v) is 6.06. The van der Waals surface area contributed by atoms with Crippen molar-refractivity contribution >= 4 is 15.7 Å². The number of sulfone groups is 1. The number of amides is 1. The summed E-state index contributed by atoms with van der Waals surface area (Å²) in [7, 11) is -4.56.